The number of nitrogens with one attached hydrogen (secondary N) is 1. The lowest BCUT2D eigenvalue weighted by Gasteiger charge is -2.07. The maximum Gasteiger partial charge on any atom is 0.234 e. The first-order valence-corrected chi connectivity index (χ1v) is 9.09. The number of benzene rings is 1. The van der Waals surface area contributed by atoms with Crippen LogP contribution in [0.15, 0.2) is 29.7 Å². The molecule has 8 heteroatoms. The van der Waals surface area contributed by atoms with Crippen molar-refractivity contribution < 1.29 is 4.79 Å². The van der Waals surface area contributed by atoms with Gasteiger partial charge in [0.05, 0.1) is 15.8 Å². The second-order valence-corrected chi connectivity index (χ2v) is 6.74. The van der Waals surface area contributed by atoms with Crippen molar-refractivity contribution in [1.29, 1.82) is 0 Å². The van der Waals surface area contributed by atoms with Crippen LogP contribution in [-0.4, -0.2) is 26.4 Å². The molecule has 0 atom stereocenters. The molecule has 0 spiro atoms. The number of halogens is 2. The van der Waals surface area contributed by atoms with Crippen molar-refractivity contribution in [3.8, 4) is 0 Å². The molecule has 0 saturated carbocycles. The summed E-state index contributed by atoms with van der Waals surface area (Å²) >= 11 is 13.1. The number of hydrogen-bond acceptors (Lipinski definition) is 4. The smallest absolute Gasteiger partial charge is 0.234 e. The van der Waals surface area contributed by atoms with Crippen LogP contribution >= 0.6 is 35.0 Å². The molecule has 5 nitrogen and oxygen atoms in total. The molecule has 0 aliphatic carbocycles. The van der Waals surface area contributed by atoms with Crippen molar-refractivity contribution >= 4 is 46.6 Å². The van der Waals surface area contributed by atoms with Gasteiger partial charge >= 0.3 is 0 Å². The molecule has 2 rings (SSSR count). The fraction of sp³-hybridized carbons (Fsp3) is 0.400. The molecule has 1 amide bonds. The largest absolute Gasteiger partial charge is 0.325 e. The van der Waals surface area contributed by atoms with Crippen LogP contribution in [0.3, 0.4) is 0 Å². The molecule has 0 saturated heterocycles. The minimum absolute atomic E-state index is 0.128. The zero-order valence-corrected chi connectivity index (χ0v) is 15.1. The van der Waals surface area contributed by atoms with E-state index in [0.29, 0.717) is 15.7 Å². The molecule has 0 aliphatic heterocycles. The van der Waals surface area contributed by atoms with Crippen LogP contribution in [-0.2, 0) is 11.3 Å². The molecular formula is C15H18Cl2N4OS. The molecular weight excluding hydrogens is 355 g/mol. The third-order valence-electron chi connectivity index (χ3n) is 3.12. The van der Waals surface area contributed by atoms with Gasteiger partial charge in [0.25, 0.3) is 0 Å². The van der Waals surface area contributed by atoms with E-state index < -0.39 is 0 Å². The highest BCUT2D eigenvalue weighted by Crippen LogP contribution is 2.25. The first kappa shape index (κ1) is 18.1. The second kappa shape index (κ2) is 9.15. The van der Waals surface area contributed by atoms with Gasteiger partial charge in [0.15, 0.2) is 5.16 Å². The molecule has 2 aromatic rings. The number of thioether (sulfide) groups is 1. The van der Waals surface area contributed by atoms with Crippen molar-refractivity contribution in [1.82, 2.24) is 14.8 Å². The first-order chi connectivity index (χ1) is 11.1. The van der Waals surface area contributed by atoms with Crippen LogP contribution in [0.1, 0.15) is 26.2 Å². The summed E-state index contributed by atoms with van der Waals surface area (Å²) < 4.78 is 1.98. The van der Waals surface area contributed by atoms with E-state index in [1.54, 1.807) is 24.5 Å². The van der Waals surface area contributed by atoms with E-state index in [1.807, 2.05) is 4.57 Å². The number of carbonyl (C=O) groups is 1. The van der Waals surface area contributed by atoms with E-state index in [0.717, 1.165) is 24.5 Å². The zero-order valence-electron chi connectivity index (χ0n) is 12.8. The Morgan fingerprint density at radius 1 is 1.30 bits per heavy atom. The van der Waals surface area contributed by atoms with E-state index >= 15 is 0 Å². The number of amides is 1. The Labute approximate surface area is 149 Å². The lowest BCUT2D eigenvalue weighted by atomic mass is 10.2. The molecule has 0 radical (unpaired) electrons. The molecule has 0 unspecified atom stereocenters. The van der Waals surface area contributed by atoms with Crippen molar-refractivity contribution in [3.63, 3.8) is 0 Å². The molecule has 1 heterocycles. The van der Waals surface area contributed by atoms with Gasteiger partial charge in [-0.05, 0) is 24.6 Å². The number of aryl methyl sites for hydroxylation is 1. The summed E-state index contributed by atoms with van der Waals surface area (Å²) in [5, 5.41) is 12.4. The van der Waals surface area contributed by atoms with Crippen LogP contribution in [0.25, 0.3) is 0 Å². The van der Waals surface area contributed by atoms with Gasteiger partial charge in [-0.3, -0.25) is 4.79 Å². The van der Waals surface area contributed by atoms with Gasteiger partial charge < -0.3 is 9.88 Å². The standard InChI is InChI=1S/C15H18Cl2N4OS/c1-2-3-4-7-21-10-18-20-15(21)23-9-14(22)19-11-5-6-12(16)13(17)8-11/h5-6,8,10H,2-4,7,9H2,1H3,(H,19,22). The molecule has 23 heavy (non-hydrogen) atoms. The number of hydrogen-bond donors (Lipinski definition) is 1. The van der Waals surface area contributed by atoms with Crippen molar-refractivity contribution in [2.75, 3.05) is 11.1 Å². The summed E-state index contributed by atoms with van der Waals surface area (Å²) in [6.45, 7) is 3.03. The van der Waals surface area contributed by atoms with Crippen molar-refractivity contribution in [2.24, 2.45) is 0 Å². The molecule has 1 aromatic carbocycles. The summed E-state index contributed by atoms with van der Waals surface area (Å²) in [7, 11) is 0. The summed E-state index contributed by atoms with van der Waals surface area (Å²) in [6, 6.07) is 4.99. The SMILES string of the molecule is CCCCCn1cnnc1SCC(=O)Nc1ccc(Cl)c(Cl)c1. The fourth-order valence-corrected chi connectivity index (χ4v) is 2.98. The highest BCUT2D eigenvalue weighted by atomic mass is 35.5. The van der Waals surface area contributed by atoms with E-state index in [9.17, 15) is 4.79 Å². The highest BCUT2D eigenvalue weighted by Gasteiger charge is 2.09. The summed E-state index contributed by atoms with van der Waals surface area (Å²) in [5.74, 6) is 0.128. The van der Waals surface area contributed by atoms with E-state index in [1.165, 1.54) is 18.2 Å². The van der Waals surface area contributed by atoms with Gasteiger partial charge in [-0.2, -0.15) is 0 Å². The van der Waals surface area contributed by atoms with Crippen LogP contribution in [0.5, 0.6) is 0 Å². The Morgan fingerprint density at radius 3 is 2.87 bits per heavy atom. The Bertz CT molecular complexity index is 663. The van der Waals surface area contributed by atoms with Gasteiger partial charge in [0.1, 0.15) is 6.33 Å². The Balaban J connectivity index is 1.84. The lowest BCUT2D eigenvalue weighted by Crippen LogP contribution is -2.14. The molecule has 0 bridgehead atoms. The minimum atomic E-state index is -0.128. The number of aromatic nitrogens is 3. The van der Waals surface area contributed by atoms with E-state index in [2.05, 4.69) is 22.4 Å². The highest BCUT2D eigenvalue weighted by molar-refractivity contribution is 7.99. The average Bonchev–Trinajstić information content (AvgIpc) is 2.97. The fourth-order valence-electron chi connectivity index (χ4n) is 1.94. The molecule has 124 valence electrons. The third kappa shape index (κ3) is 5.71. The predicted octanol–water partition coefficient (Wildman–Crippen LogP) is 4.51. The van der Waals surface area contributed by atoms with Crippen LogP contribution in [0, 0.1) is 0 Å². The zero-order chi connectivity index (χ0) is 16.7. The van der Waals surface area contributed by atoms with Gasteiger partial charge in [-0.25, -0.2) is 0 Å². The third-order valence-corrected chi connectivity index (χ3v) is 4.84. The van der Waals surface area contributed by atoms with Crippen LogP contribution < -0.4 is 5.32 Å². The summed E-state index contributed by atoms with van der Waals surface area (Å²) in [4.78, 5) is 12.0. The molecule has 1 N–H and O–H groups in total. The number of carbonyl (C=O) groups excluding carboxylic acids is 1. The van der Waals surface area contributed by atoms with E-state index in [-0.39, 0.29) is 11.7 Å². The predicted molar refractivity (Wildman–Crippen MR) is 95.4 cm³/mol. The van der Waals surface area contributed by atoms with Crippen LogP contribution in [0.2, 0.25) is 10.0 Å². The lowest BCUT2D eigenvalue weighted by molar-refractivity contribution is -0.113. The number of unbranched alkanes of at least 4 members (excludes halogenated alkanes) is 2. The number of rotatable bonds is 8. The topological polar surface area (TPSA) is 59.8 Å². The second-order valence-electron chi connectivity index (χ2n) is 4.98. The first-order valence-electron chi connectivity index (χ1n) is 7.35. The Kier molecular flexibility index (Phi) is 7.20. The maximum atomic E-state index is 12.0. The monoisotopic (exact) mass is 372 g/mol. The quantitative estimate of drug-likeness (QED) is 0.547. The average molecular weight is 373 g/mol. The van der Waals surface area contributed by atoms with Crippen molar-refractivity contribution in [3.05, 3.63) is 34.6 Å². The molecule has 1 aromatic heterocycles. The van der Waals surface area contributed by atoms with Gasteiger partial charge in [-0.1, -0.05) is 54.7 Å². The number of nitrogens with zero attached hydrogens (tertiary/aromatic N) is 3. The van der Waals surface area contributed by atoms with Crippen molar-refractivity contribution in [2.45, 2.75) is 37.9 Å². The van der Waals surface area contributed by atoms with E-state index in [4.69, 9.17) is 23.2 Å². The Hall–Kier alpha value is -1.24. The normalized spacial score (nSPS) is 10.7. The van der Waals surface area contributed by atoms with Gasteiger partial charge in [0.2, 0.25) is 5.91 Å². The van der Waals surface area contributed by atoms with Gasteiger partial charge in [0, 0.05) is 12.2 Å². The Morgan fingerprint density at radius 2 is 2.13 bits per heavy atom. The maximum absolute atomic E-state index is 12.0. The molecule has 0 fully saturated rings. The van der Waals surface area contributed by atoms with Crippen LogP contribution in [0.4, 0.5) is 5.69 Å². The minimum Gasteiger partial charge on any atom is -0.325 e. The van der Waals surface area contributed by atoms with Gasteiger partial charge in [-0.15, -0.1) is 10.2 Å². The number of anilines is 1. The summed E-state index contributed by atoms with van der Waals surface area (Å²) in [5.41, 5.74) is 0.620. The summed E-state index contributed by atoms with van der Waals surface area (Å²) in [6.07, 6.45) is 5.11. The molecule has 0 aliphatic rings.